The number of alkyl halides is 4. The van der Waals surface area contributed by atoms with Gasteiger partial charge in [-0.1, -0.05) is 24.3 Å². The van der Waals surface area contributed by atoms with Crippen LogP contribution in [0.2, 0.25) is 0 Å². The molecule has 0 aliphatic heterocycles. The Morgan fingerprint density at radius 1 is 0.735 bits per heavy atom. The van der Waals surface area contributed by atoms with Crippen LogP contribution in [0.1, 0.15) is 20.7 Å². The second kappa shape index (κ2) is 18.7. The predicted molar refractivity (Wildman–Crippen MR) is 161 cm³/mol. The number of carboxylic acids is 1. The number of ether oxygens (including phenoxy) is 2. The number of amides is 1. The van der Waals surface area contributed by atoms with Crippen LogP contribution in [-0.2, 0) is 0 Å². The van der Waals surface area contributed by atoms with Crippen LogP contribution in [0.25, 0.3) is 0 Å². The van der Waals surface area contributed by atoms with Crippen molar-refractivity contribution in [3.8, 4) is 11.5 Å². The SMILES string of the molecule is Nc1cccc(OCC(F)F)c1.O=C(Nc1cccc(OCC(F)F)c1)c1c(F)cccc1[N+](=O)[O-].O=C(O)c1c(F)cccc1[N+](=O)[O-]. The van der Waals surface area contributed by atoms with E-state index in [1.807, 2.05) is 0 Å². The Balaban J connectivity index is 0.000000281. The van der Waals surface area contributed by atoms with Crippen molar-refractivity contribution in [1.82, 2.24) is 0 Å². The minimum atomic E-state index is -2.66. The molecule has 4 rings (SSSR count). The molecule has 0 atom stereocenters. The molecule has 4 N–H and O–H groups in total. The normalized spacial score (nSPS) is 10.2. The third-order valence-electron chi connectivity index (χ3n) is 5.52. The molecule has 0 spiro atoms. The van der Waals surface area contributed by atoms with Crippen LogP contribution >= 0.6 is 0 Å². The highest BCUT2D eigenvalue weighted by Crippen LogP contribution is 2.24. The van der Waals surface area contributed by atoms with Crippen LogP contribution in [-0.4, -0.2) is 52.9 Å². The molecule has 0 aliphatic rings. The molecule has 0 radical (unpaired) electrons. The maximum absolute atomic E-state index is 13.8. The lowest BCUT2D eigenvalue weighted by atomic mass is 10.1. The van der Waals surface area contributed by atoms with E-state index in [9.17, 15) is 56.2 Å². The Morgan fingerprint density at radius 2 is 1.18 bits per heavy atom. The van der Waals surface area contributed by atoms with Gasteiger partial charge in [0.15, 0.2) is 11.1 Å². The van der Waals surface area contributed by atoms with Crippen molar-refractivity contribution in [1.29, 1.82) is 0 Å². The van der Waals surface area contributed by atoms with E-state index in [1.165, 1.54) is 30.3 Å². The number of nitrogens with zero attached hydrogens (tertiary/aromatic N) is 2. The molecule has 0 saturated heterocycles. The smallest absolute Gasteiger partial charge is 0.345 e. The van der Waals surface area contributed by atoms with Gasteiger partial charge in [-0.2, -0.15) is 0 Å². The van der Waals surface area contributed by atoms with Crippen molar-refractivity contribution < 1.29 is 60.4 Å². The monoisotopic (exact) mass is 698 g/mol. The molecule has 4 aromatic carbocycles. The van der Waals surface area contributed by atoms with Crippen molar-refractivity contribution in [3.63, 3.8) is 0 Å². The minimum absolute atomic E-state index is 0.0659. The van der Waals surface area contributed by atoms with Gasteiger partial charge in [-0.05, 0) is 36.4 Å². The van der Waals surface area contributed by atoms with Gasteiger partial charge in [0.05, 0.1) is 9.85 Å². The van der Waals surface area contributed by atoms with Gasteiger partial charge in [-0.25, -0.2) is 31.1 Å². The van der Waals surface area contributed by atoms with Crippen LogP contribution in [0.15, 0.2) is 84.9 Å². The number of nitro benzene ring substituents is 2. The lowest BCUT2D eigenvalue weighted by Crippen LogP contribution is -2.16. The fourth-order valence-corrected chi connectivity index (χ4v) is 3.55. The van der Waals surface area contributed by atoms with Gasteiger partial charge in [0, 0.05) is 35.6 Å². The molecule has 0 aromatic heterocycles. The highest BCUT2D eigenvalue weighted by molar-refractivity contribution is 6.07. The standard InChI is InChI=1S/C15H11F3N2O4.C8H9F2NO.C7H4FNO4/c16-11-5-2-6-12(20(22)23)14(11)15(21)19-9-3-1-4-10(7-9)24-8-13(17)18;9-8(10)5-12-7-3-1-2-6(11)4-7;8-4-2-1-3-5(9(12)13)6(4)7(10)11/h1-7,13H,8H2,(H,19,21);1-4,8H,5,11H2;1-3H,(H,10,11). The summed E-state index contributed by atoms with van der Waals surface area (Å²) in [6.45, 7) is -1.42. The summed E-state index contributed by atoms with van der Waals surface area (Å²) in [4.78, 5) is 41.9. The number of aromatic carboxylic acids is 1. The molecule has 49 heavy (non-hydrogen) atoms. The van der Waals surface area contributed by atoms with E-state index in [1.54, 1.807) is 18.2 Å². The van der Waals surface area contributed by atoms with Crippen LogP contribution in [0, 0.1) is 31.9 Å². The van der Waals surface area contributed by atoms with E-state index >= 15 is 0 Å². The van der Waals surface area contributed by atoms with Gasteiger partial charge in [-0.15, -0.1) is 0 Å². The number of hydrogen-bond donors (Lipinski definition) is 3. The first-order chi connectivity index (χ1) is 23.1. The average Bonchev–Trinajstić information content (AvgIpc) is 3.03. The van der Waals surface area contributed by atoms with E-state index in [0.29, 0.717) is 11.4 Å². The molecule has 0 unspecified atom stereocenters. The second-order valence-corrected chi connectivity index (χ2v) is 9.05. The summed E-state index contributed by atoms with van der Waals surface area (Å²) in [6.07, 6.45) is -5.12. The van der Waals surface area contributed by atoms with Crippen LogP contribution in [0.3, 0.4) is 0 Å². The van der Waals surface area contributed by atoms with Crippen molar-refractivity contribution in [2.24, 2.45) is 0 Å². The Hall–Kier alpha value is -6.40. The molecule has 260 valence electrons. The maximum Gasteiger partial charge on any atom is 0.345 e. The second-order valence-electron chi connectivity index (χ2n) is 9.05. The molecule has 19 heteroatoms. The molecule has 1 amide bonds. The molecule has 0 aliphatic carbocycles. The molecular formula is C30H24F6N4O9. The molecule has 4 aromatic rings. The minimum Gasteiger partial charge on any atom is -0.488 e. The number of nitro groups is 2. The number of nitrogen functional groups attached to an aromatic ring is 1. The Kier molecular flexibility index (Phi) is 14.8. The average molecular weight is 699 g/mol. The summed E-state index contributed by atoms with van der Waals surface area (Å²) in [5.74, 6) is -4.41. The number of carbonyl (C=O) groups excluding carboxylic acids is 1. The molecule has 0 bridgehead atoms. The summed E-state index contributed by atoms with van der Waals surface area (Å²) in [5, 5.41) is 31.9. The van der Waals surface area contributed by atoms with Crippen LogP contribution in [0.4, 0.5) is 49.1 Å². The number of carboxylic acid groups (broad SMARTS) is 1. The van der Waals surface area contributed by atoms with Crippen molar-refractivity contribution in [2.75, 3.05) is 24.3 Å². The number of hydrogen-bond acceptors (Lipinski definition) is 9. The molecule has 0 fully saturated rings. The zero-order valence-corrected chi connectivity index (χ0v) is 24.6. The molecule has 0 heterocycles. The Bertz CT molecular complexity index is 1780. The molecular weight excluding hydrogens is 674 g/mol. The zero-order chi connectivity index (χ0) is 36.7. The third-order valence-corrected chi connectivity index (χ3v) is 5.52. The van der Waals surface area contributed by atoms with Gasteiger partial charge in [0.25, 0.3) is 30.1 Å². The van der Waals surface area contributed by atoms with Gasteiger partial charge in [0.1, 0.15) is 36.3 Å². The summed E-state index contributed by atoms with van der Waals surface area (Å²) in [6, 6.07) is 17.8. The number of carbonyl (C=O) groups is 2. The number of nitrogens with two attached hydrogens (primary N) is 1. The van der Waals surface area contributed by atoms with E-state index in [0.717, 1.165) is 36.4 Å². The highest BCUT2D eigenvalue weighted by atomic mass is 19.3. The van der Waals surface area contributed by atoms with Gasteiger partial charge in [-0.3, -0.25) is 25.0 Å². The van der Waals surface area contributed by atoms with Crippen LogP contribution < -0.4 is 20.5 Å². The van der Waals surface area contributed by atoms with Gasteiger partial charge in [0.2, 0.25) is 0 Å². The van der Waals surface area contributed by atoms with E-state index in [4.69, 9.17) is 20.3 Å². The number of rotatable bonds is 11. The molecule has 13 nitrogen and oxygen atoms in total. The quantitative estimate of drug-likeness (QED) is 0.0636. The van der Waals surface area contributed by atoms with E-state index in [2.05, 4.69) is 5.32 Å². The summed E-state index contributed by atoms with van der Waals surface area (Å²) in [5.41, 5.74) is 2.96. The summed E-state index contributed by atoms with van der Waals surface area (Å²) in [7, 11) is 0. The topological polar surface area (TPSA) is 197 Å². The summed E-state index contributed by atoms with van der Waals surface area (Å²) >= 11 is 0. The number of benzene rings is 4. The third kappa shape index (κ3) is 12.7. The largest absolute Gasteiger partial charge is 0.488 e. The van der Waals surface area contributed by atoms with Crippen molar-refractivity contribution in [3.05, 3.63) is 128 Å². The van der Waals surface area contributed by atoms with Crippen LogP contribution in [0.5, 0.6) is 11.5 Å². The first-order valence-corrected chi connectivity index (χ1v) is 13.3. The Labute approximate surface area is 271 Å². The molecule has 0 saturated carbocycles. The lowest BCUT2D eigenvalue weighted by molar-refractivity contribution is -0.385. The first-order valence-electron chi connectivity index (χ1n) is 13.3. The maximum atomic E-state index is 13.8. The van der Waals surface area contributed by atoms with Crippen molar-refractivity contribution >= 4 is 34.6 Å². The number of halogens is 6. The van der Waals surface area contributed by atoms with Crippen molar-refractivity contribution in [2.45, 2.75) is 12.9 Å². The lowest BCUT2D eigenvalue weighted by Gasteiger charge is -2.09. The van der Waals surface area contributed by atoms with E-state index < -0.39 is 81.9 Å². The number of nitrogens with one attached hydrogen (secondary N) is 1. The fraction of sp³-hybridized carbons (Fsp3) is 0.133. The zero-order valence-electron chi connectivity index (χ0n) is 24.6. The number of anilines is 2. The fourth-order valence-electron chi connectivity index (χ4n) is 3.55. The van der Waals surface area contributed by atoms with E-state index in [-0.39, 0.29) is 11.4 Å². The highest BCUT2D eigenvalue weighted by Gasteiger charge is 2.25. The van der Waals surface area contributed by atoms with Gasteiger partial charge < -0.3 is 25.6 Å². The van der Waals surface area contributed by atoms with Gasteiger partial charge >= 0.3 is 5.97 Å². The predicted octanol–water partition coefficient (Wildman–Crippen LogP) is 6.97. The Morgan fingerprint density at radius 3 is 1.63 bits per heavy atom. The first kappa shape index (κ1) is 38.8. The summed E-state index contributed by atoms with van der Waals surface area (Å²) < 4.78 is 83.6.